The quantitative estimate of drug-likeness (QED) is 0.902. The van der Waals surface area contributed by atoms with Crippen molar-refractivity contribution in [2.45, 2.75) is 25.6 Å². The molecule has 4 nitrogen and oxygen atoms in total. The van der Waals surface area contributed by atoms with Gasteiger partial charge < -0.3 is 9.67 Å². The first-order chi connectivity index (χ1) is 9.00. The van der Waals surface area contributed by atoms with E-state index in [1.54, 1.807) is 16.7 Å². The Bertz CT molecular complexity index is 750. The number of nitrogens with zero attached hydrogens (tertiary/aromatic N) is 1. The predicted octanol–water partition coefficient (Wildman–Crippen LogP) is 2.29. The van der Waals surface area contributed by atoms with Crippen LogP contribution in [0.25, 0.3) is 10.9 Å². The Kier molecular flexibility index (Phi) is 2.45. The van der Waals surface area contributed by atoms with Crippen molar-refractivity contribution in [2.75, 3.05) is 0 Å². The summed E-state index contributed by atoms with van der Waals surface area (Å²) in [6.07, 6.45) is 0.669. The van der Waals surface area contributed by atoms with Crippen molar-refractivity contribution in [3.05, 3.63) is 45.7 Å². The third kappa shape index (κ3) is 1.73. The molecule has 1 heterocycles. The lowest BCUT2D eigenvalue weighted by atomic mass is 10.1. The van der Waals surface area contributed by atoms with Gasteiger partial charge in [0, 0.05) is 18.0 Å². The van der Waals surface area contributed by atoms with E-state index in [1.807, 2.05) is 13.0 Å². The van der Waals surface area contributed by atoms with Gasteiger partial charge in [0.25, 0.3) is 0 Å². The fraction of sp³-hybridized carbons (Fsp3) is 0.286. The Morgan fingerprint density at radius 3 is 2.74 bits per heavy atom. The van der Waals surface area contributed by atoms with Crippen molar-refractivity contribution in [1.82, 2.24) is 4.57 Å². The van der Waals surface area contributed by atoms with Gasteiger partial charge in [-0.2, -0.15) is 0 Å². The van der Waals surface area contributed by atoms with Gasteiger partial charge in [0.2, 0.25) is 5.43 Å². The third-order valence-electron chi connectivity index (χ3n) is 3.52. The second-order valence-corrected chi connectivity index (χ2v) is 4.87. The van der Waals surface area contributed by atoms with Crippen LogP contribution in [0.4, 0.5) is 4.39 Å². The van der Waals surface area contributed by atoms with Crippen LogP contribution in [-0.2, 0) is 0 Å². The second kappa shape index (κ2) is 3.91. The van der Waals surface area contributed by atoms with Gasteiger partial charge in [-0.25, -0.2) is 9.18 Å². The maximum absolute atomic E-state index is 13.3. The van der Waals surface area contributed by atoms with Crippen LogP contribution in [0.15, 0.2) is 29.2 Å². The van der Waals surface area contributed by atoms with Crippen LogP contribution in [0, 0.1) is 6.92 Å². The number of aromatic nitrogens is 1. The van der Waals surface area contributed by atoms with E-state index in [2.05, 4.69) is 0 Å². The normalized spacial score (nSPS) is 21.6. The smallest absolute Gasteiger partial charge is 0.341 e. The molecule has 0 unspecified atom stereocenters. The minimum Gasteiger partial charge on any atom is -0.477 e. The van der Waals surface area contributed by atoms with Crippen LogP contribution in [0.3, 0.4) is 0 Å². The average Bonchev–Trinajstić information content (AvgIpc) is 3.07. The Labute approximate surface area is 108 Å². The molecule has 0 amide bonds. The highest BCUT2D eigenvalue weighted by Crippen LogP contribution is 2.40. The maximum Gasteiger partial charge on any atom is 0.341 e. The number of benzene rings is 1. The predicted molar refractivity (Wildman–Crippen MR) is 68.5 cm³/mol. The van der Waals surface area contributed by atoms with Crippen molar-refractivity contribution in [3.63, 3.8) is 0 Å². The summed E-state index contributed by atoms with van der Waals surface area (Å²) in [5, 5.41) is 9.41. The summed E-state index contributed by atoms with van der Waals surface area (Å²) in [7, 11) is 0. The molecular weight excluding hydrogens is 249 g/mol. The molecule has 1 saturated carbocycles. The zero-order valence-corrected chi connectivity index (χ0v) is 10.3. The molecule has 0 bridgehead atoms. The molecule has 5 heteroatoms. The lowest BCUT2D eigenvalue weighted by molar-refractivity contribution is 0.0694. The highest BCUT2D eigenvalue weighted by Gasteiger charge is 2.40. The molecule has 3 rings (SSSR count). The van der Waals surface area contributed by atoms with Crippen LogP contribution >= 0.6 is 0 Å². The lowest BCUT2D eigenvalue weighted by Crippen LogP contribution is -2.19. The van der Waals surface area contributed by atoms with Crippen molar-refractivity contribution in [2.24, 2.45) is 0 Å². The summed E-state index contributed by atoms with van der Waals surface area (Å²) in [4.78, 5) is 23.2. The van der Waals surface area contributed by atoms with E-state index in [9.17, 15) is 14.0 Å². The highest BCUT2D eigenvalue weighted by atomic mass is 19.1. The second-order valence-electron chi connectivity index (χ2n) is 4.87. The highest BCUT2D eigenvalue weighted by molar-refractivity contribution is 5.93. The summed E-state index contributed by atoms with van der Waals surface area (Å²) in [6, 6.07) is 4.76. The number of carboxylic acid groups (broad SMARTS) is 1. The molecule has 1 fully saturated rings. The van der Waals surface area contributed by atoms with E-state index in [4.69, 9.17) is 5.11 Å². The standard InChI is InChI=1S/C14H12FNO3/c1-7-3-2-4-8-12(7)16(11-5-10(11)15)6-9(13(8)17)14(18)19/h2-4,6,10-11H,5H2,1H3,(H,18,19)/t10-,11+/m0/s1. The van der Waals surface area contributed by atoms with Gasteiger partial charge in [0.15, 0.2) is 0 Å². The van der Waals surface area contributed by atoms with Crippen LogP contribution < -0.4 is 5.43 Å². The Hall–Kier alpha value is -2.17. The number of aryl methyl sites for hydroxylation is 1. The van der Waals surface area contributed by atoms with Crippen LogP contribution in [-0.4, -0.2) is 21.8 Å². The molecular formula is C14H12FNO3. The number of rotatable bonds is 2. The molecule has 0 saturated heterocycles. The van der Waals surface area contributed by atoms with Gasteiger partial charge in [-0.1, -0.05) is 12.1 Å². The van der Waals surface area contributed by atoms with Crippen molar-refractivity contribution < 1.29 is 14.3 Å². The molecule has 1 aromatic heterocycles. The molecule has 1 aliphatic carbocycles. The average molecular weight is 261 g/mol. The summed E-state index contributed by atoms with van der Waals surface area (Å²) in [5.74, 6) is -1.28. The summed E-state index contributed by atoms with van der Waals surface area (Å²) in [5.41, 5.74) is 0.643. The van der Waals surface area contributed by atoms with Gasteiger partial charge >= 0.3 is 5.97 Å². The third-order valence-corrected chi connectivity index (χ3v) is 3.52. The molecule has 1 N–H and O–H groups in total. The number of carbonyl (C=O) groups is 1. The first-order valence-electron chi connectivity index (χ1n) is 6.02. The molecule has 0 spiro atoms. The number of fused-ring (bicyclic) bond motifs is 1. The van der Waals surface area contributed by atoms with Crippen LogP contribution in [0.2, 0.25) is 0 Å². The minimum absolute atomic E-state index is 0.308. The molecule has 98 valence electrons. The van der Waals surface area contributed by atoms with Gasteiger partial charge in [-0.3, -0.25) is 4.79 Å². The van der Waals surface area contributed by atoms with Crippen molar-refractivity contribution in [1.29, 1.82) is 0 Å². The van der Waals surface area contributed by atoms with E-state index in [1.165, 1.54) is 6.20 Å². The number of hydrogen-bond donors (Lipinski definition) is 1. The Morgan fingerprint density at radius 1 is 1.47 bits per heavy atom. The summed E-state index contributed by atoms with van der Waals surface area (Å²) in [6.45, 7) is 1.83. The van der Waals surface area contributed by atoms with Crippen LogP contribution in [0.1, 0.15) is 28.4 Å². The van der Waals surface area contributed by atoms with Gasteiger partial charge in [0.1, 0.15) is 11.7 Å². The number of alkyl halides is 1. The minimum atomic E-state index is -1.28. The van der Waals surface area contributed by atoms with E-state index in [0.29, 0.717) is 17.3 Å². The van der Waals surface area contributed by atoms with E-state index < -0.39 is 17.6 Å². The molecule has 19 heavy (non-hydrogen) atoms. The zero-order valence-electron chi connectivity index (χ0n) is 10.3. The molecule has 1 aromatic carbocycles. The summed E-state index contributed by atoms with van der Waals surface area (Å²) < 4.78 is 14.9. The molecule has 0 aliphatic heterocycles. The van der Waals surface area contributed by atoms with Crippen molar-refractivity contribution >= 4 is 16.9 Å². The number of pyridine rings is 1. The van der Waals surface area contributed by atoms with Crippen LogP contribution in [0.5, 0.6) is 0 Å². The number of hydrogen-bond acceptors (Lipinski definition) is 2. The number of halogens is 1. The maximum atomic E-state index is 13.3. The SMILES string of the molecule is Cc1cccc2c(=O)c(C(=O)O)cn([C@@H]3C[C@@H]3F)c12. The molecule has 1 aliphatic rings. The first kappa shape index (κ1) is 11.9. The number of aromatic carboxylic acids is 1. The fourth-order valence-corrected chi connectivity index (χ4v) is 2.45. The largest absolute Gasteiger partial charge is 0.477 e. The Morgan fingerprint density at radius 2 is 2.16 bits per heavy atom. The van der Waals surface area contributed by atoms with E-state index in [-0.39, 0.29) is 11.6 Å². The zero-order chi connectivity index (χ0) is 13.7. The lowest BCUT2D eigenvalue weighted by Gasteiger charge is -2.13. The monoisotopic (exact) mass is 261 g/mol. The molecule has 0 radical (unpaired) electrons. The van der Waals surface area contributed by atoms with E-state index >= 15 is 0 Å². The topological polar surface area (TPSA) is 59.3 Å². The number of carboxylic acids is 1. The molecule has 2 atom stereocenters. The first-order valence-corrected chi connectivity index (χ1v) is 6.02. The summed E-state index contributed by atoms with van der Waals surface area (Å²) >= 11 is 0. The van der Waals surface area contributed by atoms with Gasteiger partial charge in [0.05, 0.1) is 11.6 Å². The molecule has 2 aromatic rings. The van der Waals surface area contributed by atoms with Gasteiger partial charge in [-0.15, -0.1) is 0 Å². The fourth-order valence-electron chi connectivity index (χ4n) is 2.45. The van der Waals surface area contributed by atoms with Crippen molar-refractivity contribution in [3.8, 4) is 0 Å². The van der Waals surface area contributed by atoms with Gasteiger partial charge in [-0.05, 0) is 18.6 Å². The number of para-hydroxylation sites is 1. The Balaban J connectivity index is 2.43. The van der Waals surface area contributed by atoms with E-state index in [0.717, 1.165) is 5.56 Å².